The highest BCUT2D eigenvalue weighted by atomic mass is 32.2. The first-order chi connectivity index (χ1) is 13.9. The first kappa shape index (κ1) is 19.1. The molecule has 148 valence electrons. The van der Waals surface area contributed by atoms with Gasteiger partial charge in [-0.1, -0.05) is 30.0 Å². The van der Waals surface area contributed by atoms with Crippen molar-refractivity contribution in [2.75, 3.05) is 11.1 Å². The molecule has 10 heteroatoms. The summed E-state index contributed by atoms with van der Waals surface area (Å²) in [7, 11) is 0. The molecule has 6 nitrogen and oxygen atoms in total. The number of rotatable bonds is 5. The first-order valence-corrected chi connectivity index (χ1v) is 9.51. The third-order valence-corrected chi connectivity index (χ3v) is 4.85. The number of nitrogens with zero attached hydrogens (tertiary/aromatic N) is 3. The number of benzene rings is 2. The summed E-state index contributed by atoms with van der Waals surface area (Å²) in [5.41, 5.74) is 8.91. The Morgan fingerprint density at radius 3 is 2.52 bits per heavy atom. The lowest BCUT2D eigenvalue weighted by Gasteiger charge is -2.07. The second-order valence-corrected chi connectivity index (χ2v) is 7.14. The van der Waals surface area contributed by atoms with Crippen molar-refractivity contribution in [3.8, 4) is 0 Å². The summed E-state index contributed by atoms with van der Waals surface area (Å²) in [6.07, 6.45) is -4.65. The average Bonchev–Trinajstić information content (AvgIpc) is 3.08. The summed E-state index contributed by atoms with van der Waals surface area (Å²) >= 11 is 1.10. The minimum atomic E-state index is -4.65. The normalized spacial score (nSPS) is 11.7. The van der Waals surface area contributed by atoms with Crippen molar-refractivity contribution in [2.45, 2.75) is 17.0 Å². The summed E-state index contributed by atoms with van der Waals surface area (Å²) in [5.74, 6) is -0.547. The SMILES string of the molecule is Nc1cc(SCc2nc3ccc(Nc4ccccc4)cc3[nH]2)nc(C(F)(F)F)n1. The Kier molecular flexibility index (Phi) is 5.01. The molecule has 2 aromatic heterocycles. The number of nitrogen functional groups attached to an aromatic ring is 1. The van der Waals surface area contributed by atoms with Crippen LogP contribution in [0.3, 0.4) is 0 Å². The van der Waals surface area contributed by atoms with E-state index in [1.54, 1.807) is 0 Å². The van der Waals surface area contributed by atoms with E-state index in [1.807, 2.05) is 48.5 Å². The summed E-state index contributed by atoms with van der Waals surface area (Å²) in [6.45, 7) is 0. The van der Waals surface area contributed by atoms with E-state index in [4.69, 9.17) is 5.73 Å². The first-order valence-electron chi connectivity index (χ1n) is 8.52. The van der Waals surface area contributed by atoms with Crippen LogP contribution in [-0.2, 0) is 11.9 Å². The van der Waals surface area contributed by atoms with Crippen LogP contribution in [0.5, 0.6) is 0 Å². The van der Waals surface area contributed by atoms with Crippen LogP contribution >= 0.6 is 11.8 Å². The summed E-state index contributed by atoms with van der Waals surface area (Å²) in [4.78, 5) is 14.4. The second-order valence-electron chi connectivity index (χ2n) is 6.15. The number of hydrogen-bond acceptors (Lipinski definition) is 6. The number of aromatic nitrogens is 4. The zero-order valence-electron chi connectivity index (χ0n) is 14.9. The maximum absolute atomic E-state index is 12.8. The molecule has 0 fully saturated rings. The van der Waals surface area contributed by atoms with Gasteiger partial charge in [-0.15, -0.1) is 0 Å². The number of alkyl halides is 3. The van der Waals surface area contributed by atoms with Crippen molar-refractivity contribution in [2.24, 2.45) is 0 Å². The molecule has 0 aliphatic rings. The molecule has 4 N–H and O–H groups in total. The molecular formula is C19H15F3N6S. The molecule has 0 saturated heterocycles. The number of nitrogens with two attached hydrogens (primary N) is 1. The lowest BCUT2D eigenvalue weighted by Crippen LogP contribution is -2.12. The molecule has 0 bridgehead atoms. The largest absolute Gasteiger partial charge is 0.451 e. The van der Waals surface area contributed by atoms with E-state index in [2.05, 4.69) is 25.3 Å². The lowest BCUT2D eigenvalue weighted by molar-refractivity contribution is -0.145. The number of nitrogens with one attached hydrogen (secondary N) is 2. The number of hydrogen-bond donors (Lipinski definition) is 3. The highest BCUT2D eigenvalue weighted by molar-refractivity contribution is 7.98. The third kappa shape index (κ3) is 4.60. The molecule has 0 unspecified atom stereocenters. The monoisotopic (exact) mass is 416 g/mol. The van der Waals surface area contributed by atoms with Gasteiger partial charge in [-0.05, 0) is 30.3 Å². The van der Waals surface area contributed by atoms with Gasteiger partial charge >= 0.3 is 6.18 Å². The predicted octanol–water partition coefficient (Wildman–Crippen LogP) is 4.99. The van der Waals surface area contributed by atoms with Gasteiger partial charge in [0.2, 0.25) is 5.82 Å². The molecule has 0 aliphatic heterocycles. The smallest absolute Gasteiger partial charge is 0.384 e. The molecule has 0 radical (unpaired) electrons. The molecule has 0 spiro atoms. The highest BCUT2D eigenvalue weighted by Gasteiger charge is 2.35. The second kappa shape index (κ2) is 7.63. The Hall–Kier alpha value is -3.27. The molecule has 0 atom stereocenters. The topological polar surface area (TPSA) is 92.5 Å². The van der Waals surface area contributed by atoms with Gasteiger partial charge in [-0.25, -0.2) is 15.0 Å². The zero-order valence-corrected chi connectivity index (χ0v) is 15.7. The molecule has 29 heavy (non-hydrogen) atoms. The van der Waals surface area contributed by atoms with Gasteiger partial charge in [0.1, 0.15) is 16.7 Å². The number of para-hydroxylation sites is 1. The highest BCUT2D eigenvalue weighted by Crippen LogP contribution is 2.30. The fourth-order valence-electron chi connectivity index (χ4n) is 2.68. The molecular weight excluding hydrogens is 401 g/mol. The van der Waals surface area contributed by atoms with Gasteiger partial charge in [-0.3, -0.25) is 0 Å². The van der Waals surface area contributed by atoms with Crippen molar-refractivity contribution in [3.63, 3.8) is 0 Å². The standard InChI is InChI=1S/C19H15F3N6S/c20-19(21,22)18-27-15(23)9-17(28-18)29-10-16-25-13-7-6-12(8-14(13)26-16)24-11-4-2-1-3-5-11/h1-9,24H,10H2,(H,25,26)(H2,23,27,28). The minimum absolute atomic E-state index is 0.136. The van der Waals surface area contributed by atoms with E-state index in [9.17, 15) is 13.2 Å². The lowest BCUT2D eigenvalue weighted by atomic mass is 10.2. The Balaban J connectivity index is 1.50. The summed E-state index contributed by atoms with van der Waals surface area (Å²) in [5, 5.41) is 3.44. The van der Waals surface area contributed by atoms with E-state index in [1.165, 1.54) is 6.07 Å². The zero-order chi connectivity index (χ0) is 20.4. The minimum Gasteiger partial charge on any atom is -0.384 e. The van der Waals surface area contributed by atoms with Crippen molar-refractivity contribution in [3.05, 3.63) is 66.2 Å². The molecule has 0 amide bonds. The van der Waals surface area contributed by atoms with Crippen LogP contribution in [0, 0.1) is 0 Å². The van der Waals surface area contributed by atoms with Crippen LogP contribution in [0.1, 0.15) is 11.6 Å². The Morgan fingerprint density at radius 2 is 1.76 bits per heavy atom. The van der Waals surface area contributed by atoms with Crippen LogP contribution < -0.4 is 11.1 Å². The number of fused-ring (bicyclic) bond motifs is 1. The fourth-order valence-corrected chi connectivity index (χ4v) is 3.46. The Bertz CT molecular complexity index is 1140. The molecule has 4 aromatic rings. The molecule has 2 heterocycles. The van der Waals surface area contributed by atoms with Gasteiger partial charge in [0, 0.05) is 17.4 Å². The van der Waals surface area contributed by atoms with Gasteiger partial charge in [-0.2, -0.15) is 13.2 Å². The van der Waals surface area contributed by atoms with Crippen molar-refractivity contribution < 1.29 is 13.2 Å². The molecule has 0 aliphatic carbocycles. The van der Waals surface area contributed by atoms with Crippen LogP contribution in [0.25, 0.3) is 11.0 Å². The summed E-state index contributed by atoms with van der Waals surface area (Å²) < 4.78 is 38.5. The predicted molar refractivity (Wildman–Crippen MR) is 107 cm³/mol. The number of H-pyrrole nitrogens is 1. The molecule has 0 saturated carbocycles. The van der Waals surface area contributed by atoms with E-state index in [0.29, 0.717) is 11.6 Å². The molecule has 4 rings (SSSR count). The van der Waals surface area contributed by atoms with Crippen LogP contribution in [-0.4, -0.2) is 19.9 Å². The van der Waals surface area contributed by atoms with Gasteiger partial charge in [0.05, 0.1) is 16.8 Å². The van der Waals surface area contributed by atoms with Crippen molar-refractivity contribution >= 4 is 40.0 Å². The Labute approximate surface area is 167 Å². The number of thioether (sulfide) groups is 1. The van der Waals surface area contributed by atoms with E-state index < -0.39 is 12.0 Å². The number of imidazole rings is 1. The number of aromatic amines is 1. The quantitative estimate of drug-likeness (QED) is 0.314. The third-order valence-electron chi connectivity index (χ3n) is 3.93. The number of anilines is 3. The summed E-state index contributed by atoms with van der Waals surface area (Å²) in [6, 6.07) is 16.8. The fraction of sp³-hybridized carbons (Fsp3) is 0.105. The van der Waals surface area contributed by atoms with E-state index >= 15 is 0 Å². The van der Waals surface area contributed by atoms with Gasteiger partial charge < -0.3 is 16.0 Å². The van der Waals surface area contributed by atoms with Crippen LogP contribution in [0.15, 0.2) is 59.6 Å². The van der Waals surface area contributed by atoms with Crippen LogP contribution in [0.2, 0.25) is 0 Å². The van der Waals surface area contributed by atoms with Gasteiger partial charge in [0.25, 0.3) is 0 Å². The number of halogens is 3. The maximum Gasteiger partial charge on any atom is 0.451 e. The van der Waals surface area contributed by atoms with Crippen molar-refractivity contribution in [1.82, 2.24) is 19.9 Å². The van der Waals surface area contributed by atoms with Gasteiger partial charge in [0.15, 0.2) is 0 Å². The molecule has 2 aromatic carbocycles. The van der Waals surface area contributed by atoms with Crippen molar-refractivity contribution in [1.29, 1.82) is 0 Å². The maximum atomic E-state index is 12.8. The van der Waals surface area contributed by atoms with E-state index in [0.717, 1.165) is 34.2 Å². The Morgan fingerprint density at radius 1 is 0.966 bits per heavy atom. The average molecular weight is 416 g/mol. The van der Waals surface area contributed by atoms with E-state index in [-0.39, 0.29) is 10.8 Å². The van der Waals surface area contributed by atoms with Crippen LogP contribution in [0.4, 0.5) is 30.4 Å².